The highest BCUT2D eigenvalue weighted by Gasteiger charge is 2.36. The fraction of sp³-hybridized carbons (Fsp3) is 0.375. The van der Waals surface area contributed by atoms with Crippen molar-refractivity contribution in [2.24, 2.45) is 0 Å². The molecule has 1 aromatic carbocycles. The van der Waals surface area contributed by atoms with Crippen LogP contribution in [0.3, 0.4) is 0 Å². The molecule has 8 heteroatoms. The summed E-state index contributed by atoms with van der Waals surface area (Å²) in [5.74, 6) is -1.000. The Morgan fingerprint density at radius 1 is 1.25 bits per heavy atom. The van der Waals surface area contributed by atoms with Crippen molar-refractivity contribution in [2.75, 3.05) is 6.54 Å². The maximum atomic E-state index is 13.5. The van der Waals surface area contributed by atoms with E-state index in [1.165, 1.54) is 17.0 Å². The number of aromatic nitrogens is 2. The van der Waals surface area contributed by atoms with E-state index in [-0.39, 0.29) is 11.7 Å². The monoisotopic (exact) mass is 341 g/mol. The van der Waals surface area contributed by atoms with Crippen LogP contribution in [0.25, 0.3) is 0 Å². The van der Waals surface area contributed by atoms with E-state index in [2.05, 4.69) is 5.10 Å². The van der Waals surface area contributed by atoms with Gasteiger partial charge in [0.2, 0.25) is 0 Å². The number of piperidine rings is 1. The third kappa shape index (κ3) is 3.27. The lowest BCUT2D eigenvalue weighted by Gasteiger charge is -2.35. The number of benzene rings is 1. The van der Waals surface area contributed by atoms with Crippen LogP contribution in [0, 0.1) is 5.82 Å². The van der Waals surface area contributed by atoms with Gasteiger partial charge in [0.1, 0.15) is 11.5 Å². The molecule has 1 saturated heterocycles. The highest BCUT2D eigenvalue weighted by Crippen LogP contribution is 2.33. The largest absolute Gasteiger partial charge is 0.432 e. The van der Waals surface area contributed by atoms with Crippen molar-refractivity contribution in [1.82, 2.24) is 15.1 Å². The second-order valence-corrected chi connectivity index (χ2v) is 5.73. The molecule has 1 amide bonds. The van der Waals surface area contributed by atoms with Crippen LogP contribution in [-0.2, 0) is 6.18 Å². The Bertz CT molecular complexity index is 741. The molecule has 3 rings (SSSR count). The lowest BCUT2D eigenvalue weighted by molar-refractivity contribution is -0.141. The topological polar surface area (TPSA) is 49.0 Å². The number of alkyl halides is 3. The highest BCUT2D eigenvalue weighted by molar-refractivity contribution is 5.92. The van der Waals surface area contributed by atoms with Crippen LogP contribution in [0.4, 0.5) is 17.6 Å². The number of nitrogens with one attached hydrogen (secondary N) is 1. The van der Waals surface area contributed by atoms with Crippen molar-refractivity contribution in [3.05, 3.63) is 53.1 Å². The fourth-order valence-corrected chi connectivity index (χ4v) is 2.96. The second kappa shape index (κ2) is 6.26. The molecule has 1 aliphatic heterocycles. The van der Waals surface area contributed by atoms with Crippen LogP contribution < -0.4 is 0 Å². The summed E-state index contributed by atoms with van der Waals surface area (Å²) >= 11 is 0. The van der Waals surface area contributed by atoms with Gasteiger partial charge in [0.05, 0.1) is 6.04 Å². The average Bonchev–Trinajstić information content (AvgIpc) is 3.04. The summed E-state index contributed by atoms with van der Waals surface area (Å²) < 4.78 is 51.4. The minimum atomic E-state index is -4.59. The van der Waals surface area contributed by atoms with Gasteiger partial charge in [-0.15, -0.1) is 0 Å². The van der Waals surface area contributed by atoms with Crippen molar-refractivity contribution in [2.45, 2.75) is 31.5 Å². The molecule has 24 heavy (non-hydrogen) atoms. The van der Waals surface area contributed by atoms with E-state index in [4.69, 9.17) is 0 Å². The summed E-state index contributed by atoms with van der Waals surface area (Å²) in [7, 11) is 0. The molecular formula is C16H15F4N3O. The number of aromatic amines is 1. The molecule has 0 unspecified atom stereocenters. The third-order valence-corrected chi connectivity index (χ3v) is 4.10. The number of carbonyl (C=O) groups is 1. The van der Waals surface area contributed by atoms with E-state index in [0.29, 0.717) is 24.6 Å². The van der Waals surface area contributed by atoms with E-state index in [1.54, 1.807) is 12.1 Å². The van der Waals surface area contributed by atoms with E-state index in [1.807, 2.05) is 5.10 Å². The smallest absolute Gasteiger partial charge is 0.330 e. The zero-order chi connectivity index (χ0) is 17.3. The quantitative estimate of drug-likeness (QED) is 0.841. The first-order chi connectivity index (χ1) is 11.4. The predicted octanol–water partition coefficient (Wildman–Crippen LogP) is 3.94. The lowest BCUT2D eigenvalue weighted by atomic mass is 9.95. The molecule has 0 bridgehead atoms. The molecule has 4 nitrogen and oxygen atoms in total. The Morgan fingerprint density at radius 2 is 2.04 bits per heavy atom. The van der Waals surface area contributed by atoms with Crippen molar-refractivity contribution in [3.63, 3.8) is 0 Å². The summed E-state index contributed by atoms with van der Waals surface area (Å²) in [6.07, 6.45) is -2.35. The number of likely N-dealkylation sites (tertiary alicyclic amines) is 1. The van der Waals surface area contributed by atoms with E-state index in [0.717, 1.165) is 12.8 Å². The van der Waals surface area contributed by atoms with E-state index < -0.39 is 23.6 Å². The predicted molar refractivity (Wildman–Crippen MR) is 77.6 cm³/mol. The molecule has 1 atom stereocenters. The van der Waals surface area contributed by atoms with E-state index >= 15 is 0 Å². The molecule has 1 fully saturated rings. The average molecular weight is 341 g/mol. The van der Waals surface area contributed by atoms with Crippen LogP contribution in [0.1, 0.15) is 47.1 Å². The van der Waals surface area contributed by atoms with Crippen molar-refractivity contribution < 1.29 is 22.4 Å². The Morgan fingerprint density at radius 3 is 2.71 bits per heavy atom. The van der Waals surface area contributed by atoms with Gasteiger partial charge in [-0.1, -0.05) is 12.1 Å². The van der Waals surface area contributed by atoms with Crippen LogP contribution in [0.5, 0.6) is 0 Å². The number of hydrogen-bond donors (Lipinski definition) is 1. The lowest BCUT2D eigenvalue weighted by Crippen LogP contribution is -2.38. The molecule has 0 radical (unpaired) electrons. The van der Waals surface area contributed by atoms with Gasteiger partial charge in [-0.05, 0) is 37.0 Å². The molecule has 1 aliphatic rings. The number of halogens is 4. The first kappa shape index (κ1) is 16.5. The minimum absolute atomic E-state index is 0.286. The van der Waals surface area contributed by atoms with Gasteiger partial charge < -0.3 is 4.90 Å². The molecule has 128 valence electrons. The zero-order valence-electron chi connectivity index (χ0n) is 12.6. The van der Waals surface area contributed by atoms with Gasteiger partial charge in [-0.3, -0.25) is 9.89 Å². The first-order valence-electron chi connectivity index (χ1n) is 7.55. The molecule has 1 N–H and O–H groups in total. The number of rotatable bonds is 2. The van der Waals surface area contributed by atoms with E-state index in [9.17, 15) is 22.4 Å². The highest BCUT2D eigenvalue weighted by atomic mass is 19.4. The molecule has 0 spiro atoms. The first-order valence-corrected chi connectivity index (χ1v) is 7.55. The Hall–Kier alpha value is -2.38. The number of carbonyl (C=O) groups excluding carboxylic acids is 1. The summed E-state index contributed by atoms with van der Waals surface area (Å²) in [5.41, 5.74) is -0.717. The summed E-state index contributed by atoms with van der Waals surface area (Å²) in [5, 5.41) is 5.34. The van der Waals surface area contributed by atoms with Crippen LogP contribution in [0.15, 0.2) is 30.3 Å². The van der Waals surface area contributed by atoms with Crippen molar-refractivity contribution in [1.29, 1.82) is 0 Å². The fourth-order valence-electron chi connectivity index (χ4n) is 2.96. The van der Waals surface area contributed by atoms with Crippen LogP contribution in [0.2, 0.25) is 0 Å². The molecule has 2 aromatic rings. The molecule has 1 aromatic heterocycles. The maximum absolute atomic E-state index is 13.5. The summed E-state index contributed by atoms with van der Waals surface area (Å²) in [6.45, 7) is 0.397. The minimum Gasteiger partial charge on any atom is -0.330 e. The zero-order valence-corrected chi connectivity index (χ0v) is 12.6. The maximum Gasteiger partial charge on any atom is 0.432 e. The number of nitrogens with zero attached hydrogens (tertiary/aromatic N) is 2. The van der Waals surface area contributed by atoms with Crippen LogP contribution >= 0.6 is 0 Å². The second-order valence-electron chi connectivity index (χ2n) is 5.73. The Labute approximate surface area is 135 Å². The van der Waals surface area contributed by atoms with Gasteiger partial charge in [-0.25, -0.2) is 4.39 Å². The van der Waals surface area contributed by atoms with Gasteiger partial charge in [-0.2, -0.15) is 18.3 Å². The number of hydrogen-bond acceptors (Lipinski definition) is 2. The molecular weight excluding hydrogens is 326 g/mol. The van der Waals surface area contributed by atoms with Gasteiger partial charge in [0, 0.05) is 12.6 Å². The molecule has 0 aliphatic carbocycles. The normalized spacial score (nSPS) is 18.7. The van der Waals surface area contributed by atoms with Crippen LogP contribution in [-0.4, -0.2) is 27.5 Å². The number of amides is 1. The Kier molecular flexibility index (Phi) is 4.29. The number of H-pyrrole nitrogens is 1. The van der Waals surface area contributed by atoms with Crippen molar-refractivity contribution >= 4 is 5.91 Å². The Balaban J connectivity index is 1.87. The van der Waals surface area contributed by atoms with Crippen molar-refractivity contribution in [3.8, 4) is 0 Å². The summed E-state index contributed by atoms with van der Waals surface area (Å²) in [6, 6.07) is 6.26. The summed E-state index contributed by atoms with van der Waals surface area (Å²) in [4.78, 5) is 14.1. The SMILES string of the molecule is O=C(c1cc(C(F)(F)F)[nH]n1)N1CCCC[C@H]1c1cccc(F)c1. The standard InChI is InChI=1S/C16H15F4N3O/c17-11-5-3-4-10(8-11)13-6-1-2-7-23(13)15(24)12-9-14(22-21-12)16(18,19)20/h3-5,8-9,13H,1-2,6-7H2,(H,21,22)/t13-/m0/s1. The molecule has 0 saturated carbocycles. The van der Waals surface area contributed by atoms with Gasteiger partial charge >= 0.3 is 6.18 Å². The van der Waals surface area contributed by atoms with Gasteiger partial charge in [0.25, 0.3) is 5.91 Å². The van der Waals surface area contributed by atoms with Gasteiger partial charge in [0.15, 0.2) is 5.69 Å². The third-order valence-electron chi connectivity index (χ3n) is 4.10. The molecule has 2 heterocycles.